The maximum Gasteiger partial charge on any atom is 0.333 e. The summed E-state index contributed by atoms with van der Waals surface area (Å²) in [6.45, 7) is 6.04. The van der Waals surface area contributed by atoms with Gasteiger partial charge in [0.05, 0.1) is 24.3 Å². The average Bonchev–Trinajstić information content (AvgIpc) is 3.35. The van der Waals surface area contributed by atoms with E-state index in [0.717, 1.165) is 48.4 Å². The maximum atomic E-state index is 13.2. The van der Waals surface area contributed by atoms with E-state index >= 15 is 0 Å². The Balaban J connectivity index is 1.27. The van der Waals surface area contributed by atoms with Gasteiger partial charge in [0.25, 0.3) is 0 Å². The smallest absolute Gasteiger partial charge is 0.333 e. The van der Waals surface area contributed by atoms with Gasteiger partial charge in [-0.15, -0.1) is 0 Å². The van der Waals surface area contributed by atoms with Gasteiger partial charge in [0.1, 0.15) is 0 Å². The van der Waals surface area contributed by atoms with Crippen molar-refractivity contribution < 1.29 is 9.53 Å². The second kappa shape index (κ2) is 11.5. The molecule has 1 aliphatic rings. The lowest BCUT2D eigenvalue weighted by molar-refractivity contribution is -0.146. The number of imidazole rings is 1. The zero-order chi connectivity index (χ0) is 26.5. The highest BCUT2D eigenvalue weighted by atomic mass is 16.5. The number of aromatic nitrogens is 2. The van der Waals surface area contributed by atoms with E-state index < -0.39 is 0 Å². The topological polar surface area (TPSA) is 56.5 Å². The van der Waals surface area contributed by atoms with Crippen LogP contribution in [0, 0.1) is 5.92 Å². The molecular weight excluding hydrogens is 474 g/mol. The number of nitrogens with zero attached hydrogens (tertiary/aromatic N) is 3. The molecule has 0 aliphatic carbocycles. The minimum Gasteiger partial charge on any atom is -0.466 e. The molecule has 1 aliphatic heterocycles. The number of piperidine rings is 1. The highest BCUT2D eigenvalue weighted by Gasteiger charge is 2.33. The van der Waals surface area contributed by atoms with Crippen LogP contribution in [0.5, 0.6) is 0 Å². The summed E-state index contributed by atoms with van der Waals surface area (Å²) in [7, 11) is 0. The van der Waals surface area contributed by atoms with E-state index in [4.69, 9.17) is 4.74 Å². The van der Waals surface area contributed by atoms with Crippen molar-refractivity contribution in [3.05, 3.63) is 119 Å². The molecule has 2 unspecified atom stereocenters. The van der Waals surface area contributed by atoms with Crippen LogP contribution in [0.25, 0.3) is 5.69 Å². The van der Waals surface area contributed by atoms with E-state index in [9.17, 15) is 9.59 Å². The Hall–Kier alpha value is -4.06. The third kappa shape index (κ3) is 5.30. The number of hydrogen-bond acceptors (Lipinski definition) is 4. The summed E-state index contributed by atoms with van der Waals surface area (Å²) in [5.74, 6) is -0.104. The lowest BCUT2D eigenvalue weighted by Crippen LogP contribution is -2.37. The third-order valence-electron chi connectivity index (χ3n) is 7.71. The fourth-order valence-corrected chi connectivity index (χ4v) is 5.58. The van der Waals surface area contributed by atoms with Gasteiger partial charge in [-0.05, 0) is 68.0 Å². The van der Waals surface area contributed by atoms with Crippen LogP contribution in [0.2, 0.25) is 0 Å². The van der Waals surface area contributed by atoms with Crippen molar-refractivity contribution in [2.45, 2.75) is 38.6 Å². The Morgan fingerprint density at radius 3 is 2.03 bits per heavy atom. The fraction of sp³-hybridized carbons (Fsp3) is 0.312. The maximum absolute atomic E-state index is 13.2. The molecule has 0 saturated carbocycles. The Kier molecular flexibility index (Phi) is 7.78. The van der Waals surface area contributed by atoms with Crippen molar-refractivity contribution in [3.63, 3.8) is 0 Å². The van der Waals surface area contributed by atoms with Gasteiger partial charge in [-0.25, -0.2) is 4.79 Å². The van der Waals surface area contributed by atoms with Crippen LogP contribution in [0.3, 0.4) is 0 Å². The van der Waals surface area contributed by atoms with E-state index in [0.29, 0.717) is 6.61 Å². The summed E-state index contributed by atoms with van der Waals surface area (Å²) in [6, 6.07) is 28.2. The molecule has 1 saturated heterocycles. The molecule has 0 spiro atoms. The molecule has 196 valence electrons. The molecule has 3 aromatic carbocycles. The number of carbonyl (C=O) groups excluding carboxylic acids is 1. The molecule has 0 amide bonds. The molecule has 4 aromatic rings. The van der Waals surface area contributed by atoms with Crippen molar-refractivity contribution in [3.8, 4) is 5.69 Å². The molecular formula is C32H35N3O3. The van der Waals surface area contributed by atoms with Gasteiger partial charge in [0, 0.05) is 31.2 Å². The predicted octanol–water partition coefficient (Wildman–Crippen LogP) is 5.81. The number of esters is 1. The molecule has 38 heavy (non-hydrogen) atoms. The lowest BCUT2D eigenvalue weighted by Gasteiger charge is -2.36. The zero-order valence-corrected chi connectivity index (χ0v) is 22.1. The molecule has 6 nitrogen and oxygen atoms in total. The summed E-state index contributed by atoms with van der Waals surface area (Å²) in [5.41, 5.74) is 4.06. The van der Waals surface area contributed by atoms with Gasteiger partial charge in [-0.2, -0.15) is 0 Å². The van der Waals surface area contributed by atoms with Gasteiger partial charge >= 0.3 is 11.7 Å². The zero-order valence-electron chi connectivity index (χ0n) is 22.1. The number of carbonyl (C=O) groups is 1. The molecule has 0 bridgehead atoms. The van der Waals surface area contributed by atoms with Gasteiger partial charge < -0.3 is 9.64 Å². The number of benzene rings is 3. The third-order valence-corrected chi connectivity index (χ3v) is 7.71. The summed E-state index contributed by atoms with van der Waals surface area (Å²) in [6.07, 6.45) is 5.52. The summed E-state index contributed by atoms with van der Waals surface area (Å²) in [5, 5.41) is 0. The number of hydrogen-bond donors (Lipinski definition) is 0. The first-order chi connectivity index (χ1) is 18.6. The second-order valence-corrected chi connectivity index (χ2v) is 9.93. The van der Waals surface area contributed by atoms with Crippen LogP contribution in [-0.4, -0.2) is 34.8 Å². The predicted molar refractivity (Wildman–Crippen MR) is 151 cm³/mol. The van der Waals surface area contributed by atoms with E-state index in [-0.39, 0.29) is 29.5 Å². The molecule has 5 rings (SSSR count). The molecule has 6 heteroatoms. The van der Waals surface area contributed by atoms with Crippen molar-refractivity contribution >= 4 is 11.7 Å². The van der Waals surface area contributed by atoms with Crippen molar-refractivity contribution in [2.24, 2.45) is 5.92 Å². The Morgan fingerprint density at radius 2 is 1.42 bits per heavy atom. The molecule has 2 heterocycles. The summed E-state index contributed by atoms with van der Waals surface area (Å²) < 4.78 is 8.91. The van der Waals surface area contributed by atoms with Crippen molar-refractivity contribution in [2.75, 3.05) is 24.6 Å². The van der Waals surface area contributed by atoms with E-state index in [1.807, 2.05) is 99.0 Å². The first kappa shape index (κ1) is 25.6. The van der Waals surface area contributed by atoms with Crippen LogP contribution in [-0.2, 0) is 9.53 Å². The van der Waals surface area contributed by atoms with Gasteiger partial charge in [0.15, 0.2) is 0 Å². The first-order valence-electron chi connectivity index (χ1n) is 13.5. The number of rotatable bonds is 8. The Bertz CT molecular complexity index is 1390. The molecule has 1 aromatic heterocycles. The van der Waals surface area contributed by atoms with Crippen LogP contribution in [0.15, 0.2) is 102 Å². The first-order valence-corrected chi connectivity index (χ1v) is 13.5. The highest BCUT2D eigenvalue weighted by Crippen LogP contribution is 2.35. The lowest BCUT2D eigenvalue weighted by atomic mass is 9.80. The summed E-state index contributed by atoms with van der Waals surface area (Å²) in [4.78, 5) is 28.4. The minimum absolute atomic E-state index is 0.0418. The van der Waals surface area contributed by atoms with Crippen LogP contribution in [0.4, 0.5) is 5.69 Å². The highest BCUT2D eigenvalue weighted by molar-refractivity contribution is 5.78. The second-order valence-electron chi connectivity index (χ2n) is 9.93. The van der Waals surface area contributed by atoms with Crippen LogP contribution >= 0.6 is 0 Å². The SMILES string of the molecule is CCOC(=O)C(c1ccccc1)C1CCN(c2ccc(-n3ccn(C(C)c4ccccc4)c3=O)cc2)CC1. The standard InChI is InChI=1S/C32H35N3O3/c1-3-38-31(36)30(26-12-8-5-9-13-26)27-18-20-33(21-19-27)28-14-16-29(17-15-28)35-23-22-34(32(35)37)24(2)25-10-6-4-7-11-25/h4-17,22-24,27,30H,3,18-21H2,1-2H3. The quantitative estimate of drug-likeness (QED) is 0.281. The largest absolute Gasteiger partial charge is 0.466 e. The molecule has 0 N–H and O–H groups in total. The number of ether oxygens (including phenoxy) is 1. The fourth-order valence-electron chi connectivity index (χ4n) is 5.58. The van der Waals surface area contributed by atoms with Gasteiger partial charge in [-0.1, -0.05) is 60.7 Å². The minimum atomic E-state index is -0.227. The Morgan fingerprint density at radius 1 is 0.842 bits per heavy atom. The van der Waals surface area contributed by atoms with Crippen molar-refractivity contribution in [1.82, 2.24) is 9.13 Å². The molecule has 0 radical (unpaired) electrons. The Labute approximate surface area is 224 Å². The summed E-state index contributed by atoms with van der Waals surface area (Å²) >= 11 is 0. The van der Waals surface area contributed by atoms with E-state index in [1.54, 1.807) is 9.13 Å². The molecule has 1 fully saturated rings. The molecule has 2 atom stereocenters. The van der Waals surface area contributed by atoms with Crippen molar-refractivity contribution in [1.29, 1.82) is 0 Å². The van der Waals surface area contributed by atoms with Crippen LogP contribution < -0.4 is 10.6 Å². The normalized spacial score (nSPS) is 15.7. The monoisotopic (exact) mass is 509 g/mol. The van der Waals surface area contributed by atoms with Crippen LogP contribution in [0.1, 0.15) is 49.8 Å². The van der Waals surface area contributed by atoms with Gasteiger partial charge in [-0.3, -0.25) is 13.9 Å². The number of anilines is 1. The average molecular weight is 510 g/mol. The van der Waals surface area contributed by atoms with E-state index in [1.165, 1.54) is 0 Å². The van der Waals surface area contributed by atoms with Gasteiger partial charge in [0.2, 0.25) is 0 Å². The van der Waals surface area contributed by atoms with E-state index in [2.05, 4.69) is 17.0 Å².